The van der Waals surface area contributed by atoms with Crippen LogP contribution in [0, 0.1) is 0 Å². The van der Waals surface area contributed by atoms with Crippen molar-refractivity contribution in [1.29, 1.82) is 0 Å². The minimum absolute atomic E-state index is 0.532. The number of hydrazone groups is 1. The fourth-order valence-electron chi connectivity index (χ4n) is 1.90. The summed E-state index contributed by atoms with van der Waals surface area (Å²) < 4.78 is 7.40. The van der Waals surface area contributed by atoms with Crippen molar-refractivity contribution in [3.63, 3.8) is 0 Å². The molecular formula is C19H20IN3O2. The van der Waals surface area contributed by atoms with Crippen LogP contribution in [-0.4, -0.2) is 22.9 Å². The van der Waals surface area contributed by atoms with E-state index in [9.17, 15) is 4.79 Å². The third-order valence-corrected chi connectivity index (χ3v) is 3.35. The SMILES string of the molecule is CC(C)(C)OC(=O)N(N=Cc1ccncc1)c1ccc(C=CI)cc1. The van der Waals surface area contributed by atoms with Gasteiger partial charge in [0.05, 0.1) is 11.9 Å². The van der Waals surface area contributed by atoms with E-state index in [4.69, 9.17) is 4.74 Å². The molecule has 0 unspecified atom stereocenters. The Morgan fingerprint density at radius 2 is 1.76 bits per heavy atom. The predicted molar refractivity (Wildman–Crippen MR) is 110 cm³/mol. The number of rotatable bonds is 4. The Morgan fingerprint density at radius 3 is 2.32 bits per heavy atom. The molecule has 130 valence electrons. The van der Waals surface area contributed by atoms with Gasteiger partial charge in [0.15, 0.2) is 0 Å². The van der Waals surface area contributed by atoms with Crippen molar-refractivity contribution in [3.05, 3.63) is 64.0 Å². The number of hydrogen-bond acceptors (Lipinski definition) is 4. The highest BCUT2D eigenvalue weighted by Crippen LogP contribution is 2.20. The van der Waals surface area contributed by atoms with Crippen molar-refractivity contribution in [1.82, 2.24) is 4.98 Å². The summed E-state index contributed by atoms with van der Waals surface area (Å²) in [5.41, 5.74) is 1.91. The Bertz CT molecular complexity index is 750. The van der Waals surface area contributed by atoms with Crippen LogP contribution >= 0.6 is 22.6 Å². The molecule has 0 aliphatic rings. The molecule has 1 aromatic heterocycles. The van der Waals surface area contributed by atoms with Crippen LogP contribution in [0.3, 0.4) is 0 Å². The van der Waals surface area contributed by atoms with Crippen LogP contribution < -0.4 is 5.01 Å². The van der Waals surface area contributed by atoms with Gasteiger partial charge in [-0.1, -0.05) is 34.7 Å². The molecule has 25 heavy (non-hydrogen) atoms. The van der Waals surface area contributed by atoms with E-state index in [1.807, 2.05) is 67.3 Å². The minimum Gasteiger partial charge on any atom is -0.442 e. The monoisotopic (exact) mass is 449 g/mol. The molecule has 0 bridgehead atoms. The van der Waals surface area contributed by atoms with E-state index in [1.54, 1.807) is 18.6 Å². The molecule has 1 heterocycles. The van der Waals surface area contributed by atoms with Gasteiger partial charge in [0.25, 0.3) is 0 Å². The van der Waals surface area contributed by atoms with Crippen LogP contribution in [0.25, 0.3) is 6.08 Å². The summed E-state index contributed by atoms with van der Waals surface area (Å²) in [6.45, 7) is 5.47. The van der Waals surface area contributed by atoms with E-state index in [2.05, 4.69) is 32.7 Å². The molecule has 0 aliphatic heterocycles. The molecule has 0 aliphatic carbocycles. The van der Waals surface area contributed by atoms with Crippen molar-refractivity contribution >= 4 is 46.7 Å². The van der Waals surface area contributed by atoms with Gasteiger partial charge in [0.2, 0.25) is 0 Å². The molecule has 2 aromatic rings. The lowest BCUT2D eigenvalue weighted by Gasteiger charge is -2.24. The topological polar surface area (TPSA) is 54.8 Å². The molecule has 0 atom stereocenters. The number of pyridine rings is 1. The molecule has 0 saturated heterocycles. The maximum Gasteiger partial charge on any atom is 0.435 e. The van der Waals surface area contributed by atoms with Gasteiger partial charge in [-0.2, -0.15) is 10.1 Å². The summed E-state index contributed by atoms with van der Waals surface area (Å²) in [7, 11) is 0. The van der Waals surface area contributed by atoms with E-state index < -0.39 is 11.7 Å². The Labute approximate surface area is 161 Å². The number of carbonyl (C=O) groups excluding carboxylic acids is 1. The summed E-state index contributed by atoms with van der Waals surface area (Å²) >= 11 is 2.16. The van der Waals surface area contributed by atoms with Gasteiger partial charge in [-0.05, 0) is 66.3 Å². The molecule has 1 aromatic carbocycles. The van der Waals surface area contributed by atoms with Gasteiger partial charge in [0, 0.05) is 12.4 Å². The van der Waals surface area contributed by atoms with Crippen LogP contribution in [0.2, 0.25) is 0 Å². The lowest BCUT2D eigenvalue weighted by Crippen LogP contribution is -2.33. The minimum atomic E-state index is -0.606. The van der Waals surface area contributed by atoms with Crippen molar-refractivity contribution < 1.29 is 9.53 Å². The van der Waals surface area contributed by atoms with Crippen molar-refractivity contribution in [2.45, 2.75) is 26.4 Å². The zero-order valence-corrected chi connectivity index (χ0v) is 16.5. The zero-order chi connectivity index (χ0) is 18.3. The molecule has 5 nitrogen and oxygen atoms in total. The van der Waals surface area contributed by atoms with Gasteiger partial charge in [-0.25, -0.2) is 4.79 Å². The van der Waals surface area contributed by atoms with Crippen LogP contribution in [-0.2, 0) is 4.74 Å². The lowest BCUT2D eigenvalue weighted by atomic mass is 10.2. The van der Waals surface area contributed by atoms with Crippen molar-refractivity contribution in [3.8, 4) is 0 Å². The first kappa shape index (κ1) is 19.1. The van der Waals surface area contributed by atoms with Gasteiger partial charge >= 0.3 is 6.09 Å². The first-order valence-electron chi connectivity index (χ1n) is 7.73. The molecule has 1 amide bonds. The third kappa shape index (κ3) is 6.30. The maximum atomic E-state index is 12.6. The number of benzene rings is 1. The van der Waals surface area contributed by atoms with Crippen LogP contribution in [0.1, 0.15) is 31.9 Å². The van der Waals surface area contributed by atoms with Crippen molar-refractivity contribution in [2.24, 2.45) is 5.10 Å². The highest BCUT2D eigenvalue weighted by atomic mass is 127. The van der Waals surface area contributed by atoms with E-state index in [-0.39, 0.29) is 0 Å². The number of aromatic nitrogens is 1. The molecule has 0 N–H and O–H groups in total. The van der Waals surface area contributed by atoms with E-state index in [0.29, 0.717) is 5.69 Å². The number of amides is 1. The first-order valence-corrected chi connectivity index (χ1v) is 8.97. The highest BCUT2D eigenvalue weighted by Gasteiger charge is 2.23. The second kappa shape index (κ2) is 8.75. The summed E-state index contributed by atoms with van der Waals surface area (Å²) in [4.78, 5) is 16.5. The quantitative estimate of drug-likeness (QED) is 0.364. The Morgan fingerprint density at radius 1 is 1.12 bits per heavy atom. The number of ether oxygens (including phenoxy) is 1. The molecule has 0 saturated carbocycles. The summed E-state index contributed by atoms with van der Waals surface area (Å²) in [6, 6.07) is 11.1. The van der Waals surface area contributed by atoms with Gasteiger partial charge in [0.1, 0.15) is 5.60 Å². The van der Waals surface area contributed by atoms with Crippen LogP contribution in [0.5, 0.6) is 0 Å². The largest absolute Gasteiger partial charge is 0.442 e. The van der Waals surface area contributed by atoms with E-state index in [0.717, 1.165) is 11.1 Å². The summed E-state index contributed by atoms with van der Waals surface area (Å²) in [6.07, 6.45) is 6.39. The maximum absolute atomic E-state index is 12.6. The molecular weight excluding hydrogens is 429 g/mol. The number of halogens is 1. The average Bonchev–Trinajstić information content (AvgIpc) is 2.56. The van der Waals surface area contributed by atoms with E-state index in [1.165, 1.54) is 5.01 Å². The molecule has 0 radical (unpaired) electrons. The molecule has 2 rings (SSSR count). The normalized spacial score (nSPS) is 11.8. The smallest absolute Gasteiger partial charge is 0.435 e. The average molecular weight is 449 g/mol. The second-order valence-corrected chi connectivity index (χ2v) is 6.92. The summed E-state index contributed by atoms with van der Waals surface area (Å²) in [5.74, 6) is 0. The summed E-state index contributed by atoms with van der Waals surface area (Å²) in [5, 5.41) is 5.56. The van der Waals surface area contributed by atoms with Gasteiger partial charge < -0.3 is 4.74 Å². The zero-order valence-electron chi connectivity index (χ0n) is 14.4. The van der Waals surface area contributed by atoms with Crippen LogP contribution in [0.4, 0.5) is 10.5 Å². The third-order valence-electron chi connectivity index (χ3n) is 2.99. The number of hydrogen-bond donors (Lipinski definition) is 0. The van der Waals surface area contributed by atoms with E-state index >= 15 is 0 Å². The molecule has 6 heteroatoms. The second-order valence-electron chi connectivity index (χ2n) is 6.20. The Hall–Kier alpha value is -2.22. The van der Waals surface area contributed by atoms with Crippen LogP contribution in [0.15, 0.2) is 58.0 Å². The number of nitrogens with zero attached hydrogens (tertiary/aromatic N) is 3. The predicted octanol–water partition coefficient (Wildman–Crippen LogP) is 5.26. The Balaban J connectivity index is 2.31. The van der Waals surface area contributed by atoms with Gasteiger partial charge in [-0.3, -0.25) is 4.98 Å². The molecule has 0 spiro atoms. The molecule has 0 fully saturated rings. The number of anilines is 1. The van der Waals surface area contributed by atoms with Gasteiger partial charge in [-0.15, -0.1) is 0 Å². The van der Waals surface area contributed by atoms with Crippen molar-refractivity contribution in [2.75, 3.05) is 5.01 Å². The standard InChI is InChI=1S/C19H20IN3O2/c1-19(2,3)25-18(24)23(22-14-16-9-12-21-13-10-16)17-6-4-15(5-7-17)8-11-20/h4-14H,1-3H3. The fraction of sp³-hybridized carbons (Fsp3) is 0.211. The number of carbonyl (C=O) groups is 1. The fourth-order valence-corrected chi connectivity index (χ4v) is 2.31. The first-order chi connectivity index (χ1) is 11.9. The lowest BCUT2D eigenvalue weighted by molar-refractivity contribution is 0.0581. The Kier molecular flexibility index (Phi) is 6.69. The highest BCUT2D eigenvalue weighted by molar-refractivity contribution is 14.1.